The van der Waals surface area contributed by atoms with Crippen molar-refractivity contribution in [2.24, 2.45) is 0 Å². The molecular weight excluding hydrogens is 326 g/mol. The maximum atomic E-state index is 4.73. The van der Waals surface area contributed by atoms with Crippen LogP contribution in [0.3, 0.4) is 0 Å². The summed E-state index contributed by atoms with van der Waals surface area (Å²) in [5, 5.41) is 8.29. The van der Waals surface area contributed by atoms with Crippen LogP contribution in [-0.2, 0) is 6.54 Å². The van der Waals surface area contributed by atoms with Crippen molar-refractivity contribution in [3.8, 4) is 0 Å². The molecule has 21 heavy (non-hydrogen) atoms. The Morgan fingerprint density at radius 2 is 2.00 bits per heavy atom. The molecule has 1 N–H and O–H groups in total. The second kappa shape index (κ2) is 7.23. The molecule has 0 amide bonds. The van der Waals surface area contributed by atoms with Crippen LogP contribution < -0.4 is 5.32 Å². The molecule has 0 fully saturated rings. The van der Waals surface area contributed by atoms with E-state index in [1.54, 1.807) is 0 Å². The quantitative estimate of drug-likeness (QED) is 0.838. The molecule has 1 aromatic heterocycles. The van der Waals surface area contributed by atoms with Crippen LogP contribution >= 0.6 is 15.9 Å². The van der Waals surface area contributed by atoms with Crippen LogP contribution in [0.2, 0.25) is 0 Å². The van der Waals surface area contributed by atoms with Gasteiger partial charge in [-0.1, -0.05) is 41.1 Å². The van der Waals surface area contributed by atoms with E-state index in [1.807, 2.05) is 6.07 Å². The molecule has 0 radical (unpaired) electrons. The first-order valence-corrected chi connectivity index (χ1v) is 8.34. The summed E-state index contributed by atoms with van der Waals surface area (Å²) in [5.74, 6) is 0. The van der Waals surface area contributed by atoms with Crippen molar-refractivity contribution < 1.29 is 0 Å². The summed E-state index contributed by atoms with van der Waals surface area (Å²) in [6, 6.07) is 8.67. The van der Waals surface area contributed by atoms with Crippen LogP contribution in [0.4, 0.5) is 0 Å². The van der Waals surface area contributed by atoms with Crippen LogP contribution in [-0.4, -0.2) is 16.3 Å². The first-order valence-electron chi connectivity index (χ1n) is 7.55. The van der Waals surface area contributed by atoms with Crippen LogP contribution in [0.5, 0.6) is 0 Å². The molecule has 1 aromatic carbocycles. The number of hydrogen-bond acceptors (Lipinski definition) is 2. The van der Waals surface area contributed by atoms with Gasteiger partial charge in [0.2, 0.25) is 0 Å². The molecular formula is C17H24BrN3. The molecule has 0 spiro atoms. The summed E-state index contributed by atoms with van der Waals surface area (Å²) in [6.45, 7) is 10.5. The molecule has 0 aliphatic carbocycles. The van der Waals surface area contributed by atoms with E-state index in [1.165, 1.54) is 16.8 Å². The lowest BCUT2D eigenvalue weighted by molar-refractivity contribution is 0.564. The van der Waals surface area contributed by atoms with E-state index in [9.17, 15) is 0 Å². The first kappa shape index (κ1) is 16.2. The summed E-state index contributed by atoms with van der Waals surface area (Å²) >= 11 is 3.61. The summed E-state index contributed by atoms with van der Waals surface area (Å²) in [4.78, 5) is 0. The highest BCUT2D eigenvalue weighted by molar-refractivity contribution is 9.10. The van der Waals surface area contributed by atoms with Crippen molar-refractivity contribution in [2.45, 2.75) is 46.7 Å². The SMILES string of the molecule is CCCNC(C)c1c(C)nn(Cc2ccccc2Br)c1C. The van der Waals surface area contributed by atoms with Gasteiger partial charge in [-0.15, -0.1) is 0 Å². The third-order valence-electron chi connectivity index (χ3n) is 3.85. The van der Waals surface area contributed by atoms with Gasteiger partial charge in [0, 0.05) is 21.8 Å². The van der Waals surface area contributed by atoms with E-state index < -0.39 is 0 Å². The van der Waals surface area contributed by atoms with Gasteiger partial charge < -0.3 is 5.32 Å². The van der Waals surface area contributed by atoms with E-state index in [0.29, 0.717) is 6.04 Å². The Morgan fingerprint density at radius 1 is 1.29 bits per heavy atom. The van der Waals surface area contributed by atoms with Crippen LogP contribution in [0, 0.1) is 13.8 Å². The molecule has 3 nitrogen and oxygen atoms in total. The topological polar surface area (TPSA) is 29.9 Å². The summed E-state index contributed by atoms with van der Waals surface area (Å²) in [7, 11) is 0. The van der Waals surface area contributed by atoms with E-state index in [4.69, 9.17) is 5.10 Å². The zero-order chi connectivity index (χ0) is 15.4. The van der Waals surface area contributed by atoms with Crippen molar-refractivity contribution in [2.75, 3.05) is 6.54 Å². The fourth-order valence-electron chi connectivity index (χ4n) is 2.74. The third-order valence-corrected chi connectivity index (χ3v) is 4.62. The summed E-state index contributed by atoms with van der Waals surface area (Å²) in [5.41, 5.74) is 4.95. The number of hydrogen-bond donors (Lipinski definition) is 1. The van der Waals surface area contributed by atoms with Crippen molar-refractivity contribution in [1.82, 2.24) is 15.1 Å². The Balaban J connectivity index is 2.25. The molecule has 0 aliphatic rings. The zero-order valence-corrected chi connectivity index (χ0v) is 14.9. The van der Waals surface area contributed by atoms with Crippen LogP contribution in [0.1, 0.15) is 48.8 Å². The number of aromatic nitrogens is 2. The van der Waals surface area contributed by atoms with E-state index >= 15 is 0 Å². The fraction of sp³-hybridized carbons (Fsp3) is 0.471. The number of nitrogens with zero attached hydrogens (tertiary/aromatic N) is 2. The van der Waals surface area contributed by atoms with E-state index in [0.717, 1.165) is 29.7 Å². The molecule has 0 aliphatic heterocycles. The Kier molecular flexibility index (Phi) is 5.59. The van der Waals surface area contributed by atoms with Gasteiger partial charge in [-0.25, -0.2) is 0 Å². The molecule has 1 unspecified atom stereocenters. The number of halogens is 1. The predicted octanol–water partition coefficient (Wildman–Crippen LogP) is 4.37. The summed E-state index contributed by atoms with van der Waals surface area (Å²) in [6.07, 6.45) is 1.15. The average molecular weight is 350 g/mol. The number of aryl methyl sites for hydroxylation is 1. The minimum Gasteiger partial charge on any atom is -0.310 e. The molecule has 114 valence electrons. The Hall–Kier alpha value is -1.13. The van der Waals surface area contributed by atoms with Gasteiger partial charge in [0.15, 0.2) is 0 Å². The molecule has 0 saturated heterocycles. The highest BCUT2D eigenvalue weighted by atomic mass is 79.9. The lowest BCUT2D eigenvalue weighted by Crippen LogP contribution is -2.20. The maximum absolute atomic E-state index is 4.73. The highest BCUT2D eigenvalue weighted by Crippen LogP contribution is 2.23. The van der Waals surface area contributed by atoms with Gasteiger partial charge in [0.25, 0.3) is 0 Å². The fourth-order valence-corrected chi connectivity index (χ4v) is 3.15. The predicted molar refractivity (Wildman–Crippen MR) is 91.7 cm³/mol. The second-order valence-corrected chi connectivity index (χ2v) is 6.36. The van der Waals surface area contributed by atoms with Crippen molar-refractivity contribution in [3.63, 3.8) is 0 Å². The summed E-state index contributed by atoms with van der Waals surface area (Å²) < 4.78 is 3.24. The van der Waals surface area contributed by atoms with Crippen LogP contribution in [0.25, 0.3) is 0 Å². The van der Waals surface area contributed by atoms with Gasteiger partial charge in [0.1, 0.15) is 0 Å². The standard InChI is InChI=1S/C17H24BrN3/c1-5-10-19-12(2)17-13(3)20-21(14(17)4)11-15-8-6-7-9-16(15)18/h6-9,12,19H,5,10-11H2,1-4H3. The lowest BCUT2D eigenvalue weighted by atomic mass is 10.1. The minimum atomic E-state index is 0.345. The van der Waals surface area contributed by atoms with Gasteiger partial charge >= 0.3 is 0 Å². The zero-order valence-electron chi connectivity index (χ0n) is 13.3. The molecule has 2 aromatic rings. The smallest absolute Gasteiger partial charge is 0.0673 e. The molecule has 2 rings (SSSR count). The Morgan fingerprint density at radius 3 is 2.67 bits per heavy atom. The molecule has 0 saturated carbocycles. The number of nitrogens with one attached hydrogen (secondary N) is 1. The van der Waals surface area contributed by atoms with Crippen molar-refractivity contribution >= 4 is 15.9 Å². The average Bonchev–Trinajstić information content (AvgIpc) is 2.73. The highest BCUT2D eigenvalue weighted by Gasteiger charge is 2.17. The van der Waals surface area contributed by atoms with Gasteiger partial charge in [0.05, 0.1) is 12.2 Å². The number of benzene rings is 1. The van der Waals surface area contributed by atoms with E-state index in [-0.39, 0.29) is 0 Å². The van der Waals surface area contributed by atoms with Crippen molar-refractivity contribution in [3.05, 3.63) is 51.3 Å². The normalized spacial score (nSPS) is 12.6. The van der Waals surface area contributed by atoms with Gasteiger partial charge in [-0.3, -0.25) is 4.68 Å². The largest absolute Gasteiger partial charge is 0.310 e. The monoisotopic (exact) mass is 349 g/mol. The number of rotatable bonds is 6. The Labute approximate surface area is 135 Å². The van der Waals surface area contributed by atoms with Gasteiger partial charge in [-0.2, -0.15) is 5.10 Å². The Bertz CT molecular complexity index is 604. The molecule has 4 heteroatoms. The molecule has 1 heterocycles. The second-order valence-electron chi connectivity index (χ2n) is 5.51. The maximum Gasteiger partial charge on any atom is 0.0673 e. The lowest BCUT2D eigenvalue weighted by Gasteiger charge is -2.14. The minimum absolute atomic E-state index is 0.345. The first-order chi connectivity index (χ1) is 10.0. The van der Waals surface area contributed by atoms with Crippen molar-refractivity contribution in [1.29, 1.82) is 0 Å². The third kappa shape index (κ3) is 3.74. The molecule has 0 bridgehead atoms. The van der Waals surface area contributed by atoms with Gasteiger partial charge in [-0.05, 0) is 45.4 Å². The van der Waals surface area contributed by atoms with E-state index in [2.05, 4.69) is 71.8 Å². The van der Waals surface area contributed by atoms with Crippen LogP contribution in [0.15, 0.2) is 28.7 Å². The molecule has 1 atom stereocenters.